The zero-order valence-electron chi connectivity index (χ0n) is 14.3. The standard InChI is InChI=1S/C17H23N5O2S/c1-13-19-17(21-20-13)25-12-16(23)18-9-15-11-22(7-8-24-15)10-14-5-3-2-4-6-14/h2-6,15H,7-12H2,1H3,(H,18,23)(H,19,20,21). The molecule has 0 radical (unpaired) electrons. The van der Waals surface area contributed by atoms with Gasteiger partial charge < -0.3 is 10.1 Å². The van der Waals surface area contributed by atoms with Gasteiger partial charge in [0, 0.05) is 26.2 Å². The summed E-state index contributed by atoms with van der Waals surface area (Å²) in [5.41, 5.74) is 1.30. The lowest BCUT2D eigenvalue weighted by atomic mass is 10.2. The van der Waals surface area contributed by atoms with Crippen LogP contribution >= 0.6 is 11.8 Å². The molecule has 0 saturated carbocycles. The molecule has 8 heteroatoms. The minimum absolute atomic E-state index is 0.0252. The number of morpholine rings is 1. The number of benzene rings is 1. The fourth-order valence-corrected chi connectivity index (χ4v) is 3.36. The molecular weight excluding hydrogens is 338 g/mol. The minimum Gasteiger partial charge on any atom is -0.374 e. The van der Waals surface area contributed by atoms with E-state index in [1.54, 1.807) is 0 Å². The largest absolute Gasteiger partial charge is 0.374 e. The first-order valence-electron chi connectivity index (χ1n) is 8.35. The van der Waals surface area contributed by atoms with Crippen molar-refractivity contribution in [2.24, 2.45) is 0 Å². The Morgan fingerprint density at radius 1 is 1.44 bits per heavy atom. The minimum atomic E-state index is -0.0313. The zero-order valence-corrected chi connectivity index (χ0v) is 15.1. The first-order chi connectivity index (χ1) is 12.2. The van der Waals surface area contributed by atoms with E-state index in [4.69, 9.17) is 4.74 Å². The molecule has 134 valence electrons. The Morgan fingerprint density at radius 2 is 2.28 bits per heavy atom. The van der Waals surface area contributed by atoms with Crippen LogP contribution in [0, 0.1) is 6.92 Å². The molecule has 2 aromatic rings. The third kappa shape index (κ3) is 5.84. The number of H-pyrrole nitrogens is 1. The van der Waals surface area contributed by atoms with Crippen LogP contribution in [0.15, 0.2) is 35.5 Å². The molecular formula is C17H23N5O2S. The van der Waals surface area contributed by atoms with Gasteiger partial charge in [0.2, 0.25) is 11.1 Å². The smallest absolute Gasteiger partial charge is 0.230 e. The maximum Gasteiger partial charge on any atom is 0.230 e. The Morgan fingerprint density at radius 3 is 3.04 bits per heavy atom. The van der Waals surface area contributed by atoms with Gasteiger partial charge in [-0.1, -0.05) is 42.1 Å². The van der Waals surface area contributed by atoms with Gasteiger partial charge in [0.25, 0.3) is 0 Å². The Balaban J connectivity index is 1.38. The second kappa shape index (κ2) is 8.98. The van der Waals surface area contributed by atoms with Crippen molar-refractivity contribution in [2.45, 2.75) is 24.7 Å². The Kier molecular flexibility index (Phi) is 6.43. The summed E-state index contributed by atoms with van der Waals surface area (Å²) in [6, 6.07) is 10.4. The molecule has 1 unspecified atom stereocenters. The van der Waals surface area contributed by atoms with Gasteiger partial charge >= 0.3 is 0 Å². The highest BCUT2D eigenvalue weighted by Crippen LogP contribution is 2.12. The highest BCUT2D eigenvalue weighted by atomic mass is 32.2. The van der Waals surface area contributed by atoms with E-state index in [1.165, 1.54) is 17.3 Å². The monoisotopic (exact) mass is 361 g/mol. The number of carbonyl (C=O) groups excluding carboxylic acids is 1. The van der Waals surface area contributed by atoms with Crippen LogP contribution in [0.25, 0.3) is 0 Å². The lowest BCUT2D eigenvalue weighted by Crippen LogP contribution is -2.47. The van der Waals surface area contributed by atoms with Crippen LogP contribution in [-0.2, 0) is 16.1 Å². The predicted octanol–water partition coefficient (Wildman–Crippen LogP) is 1.22. The van der Waals surface area contributed by atoms with Crippen molar-refractivity contribution in [2.75, 3.05) is 32.0 Å². The third-order valence-corrected chi connectivity index (χ3v) is 4.76. The van der Waals surface area contributed by atoms with Gasteiger partial charge in [-0.3, -0.25) is 14.8 Å². The summed E-state index contributed by atoms with van der Waals surface area (Å²) >= 11 is 1.32. The SMILES string of the molecule is Cc1nc(SCC(=O)NCC2CN(Cc3ccccc3)CCO2)n[nH]1. The number of carbonyl (C=O) groups is 1. The number of ether oxygens (including phenoxy) is 1. The fraction of sp³-hybridized carbons (Fsp3) is 0.471. The van der Waals surface area contributed by atoms with Crippen LogP contribution < -0.4 is 5.32 Å². The fourth-order valence-electron chi connectivity index (χ4n) is 2.68. The van der Waals surface area contributed by atoms with Crippen molar-refractivity contribution in [3.63, 3.8) is 0 Å². The van der Waals surface area contributed by atoms with Crippen LogP contribution in [-0.4, -0.2) is 64.1 Å². The molecule has 0 spiro atoms. The van der Waals surface area contributed by atoms with Crippen LogP contribution in [0.1, 0.15) is 11.4 Å². The number of aromatic amines is 1. The van der Waals surface area contributed by atoms with E-state index >= 15 is 0 Å². The lowest BCUT2D eigenvalue weighted by Gasteiger charge is -2.33. The van der Waals surface area contributed by atoms with Gasteiger partial charge in [0.1, 0.15) is 5.82 Å². The number of hydrogen-bond acceptors (Lipinski definition) is 6. The quantitative estimate of drug-likeness (QED) is 0.722. The number of rotatable bonds is 7. The van der Waals surface area contributed by atoms with Crippen molar-refractivity contribution in [3.8, 4) is 0 Å². The first kappa shape index (κ1) is 17.9. The number of hydrogen-bond donors (Lipinski definition) is 2. The van der Waals surface area contributed by atoms with E-state index in [9.17, 15) is 4.79 Å². The van der Waals surface area contributed by atoms with E-state index in [1.807, 2.05) is 13.0 Å². The zero-order chi connectivity index (χ0) is 17.5. The van der Waals surface area contributed by atoms with E-state index in [0.717, 1.165) is 25.5 Å². The maximum absolute atomic E-state index is 12.0. The molecule has 1 saturated heterocycles. The lowest BCUT2D eigenvalue weighted by molar-refractivity contribution is -0.119. The summed E-state index contributed by atoms with van der Waals surface area (Å²) in [7, 11) is 0. The van der Waals surface area contributed by atoms with E-state index in [0.29, 0.717) is 24.1 Å². The molecule has 3 rings (SSSR count). The summed E-state index contributed by atoms with van der Waals surface area (Å²) in [5, 5.41) is 10.3. The molecule has 0 aliphatic carbocycles. The highest BCUT2D eigenvalue weighted by molar-refractivity contribution is 7.99. The van der Waals surface area contributed by atoms with Crippen LogP contribution in [0.5, 0.6) is 0 Å². The molecule has 7 nitrogen and oxygen atoms in total. The molecule has 1 aromatic carbocycles. The molecule has 2 heterocycles. The second-order valence-corrected chi connectivity index (χ2v) is 6.95. The highest BCUT2D eigenvalue weighted by Gasteiger charge is 2.21. The molecule has 2 N–H and O–H groups in total. The summed E-state index contributed by atoms with van der Waals surface area (Å²) < 4.78 is 5.77. The Labute approximate surface area is 151 Å². The van der Waals surface area contributed by atoms with Gasteiger partial charge in [0.05, 0.1) is 18.5 Å². The second-order valence-electron chi connectivity index (χ2n) is 6.01. The average molecular weight is 361 g/mol. The number of amides is 1. The number of thioether (sulfide) groups is 1. The van der Waals surface area contributed by atoms with Crippen LogP contribution in [0.2, 0.25) is 0 Å². The summed E-state index contributed by atoms with van der Waals surface area (Å²) in [5.74, 6) is 1.02. The van der Waals surface area contributed by atoms with E-state index < -0.39 is 0 Å². The molecule has 1 fully saturated rings. The van der Waals surface area contributed by atoms with Crippen molar-refractivity contribution in [1.29, 1.82) is 0 Å². The Bertz CT molecular complexity index is 679. The summed E-state index contributed by atoms with van der Waals surface area (Å²) in [4.78, 5) is 18.5. The molecule has 1 amide bonds. The molecule has 1 aliphatic heterocycles. The van der Waals surface area contributed by atoms with Crippen molar-refractivity contribution in [1.82, 2.24) is 25.4 Å². The van der Waals surface area contributed by atoms with Gasteiger partial charge in [-0.05, 0) is 12.5 Å². The predicted molar refractivity (Wildman–Crippen MR) is 96.3 cm³/mol. The molecule has 25 heavy (non-hydrogen) atoms. The van der Waals surface area contributed by atoms with Crippen LogP contribution in [0.4, 0.5) is 0 Å². The van der Waals surface area contributed by atoms with Gasteiger partial charge in [-0.15, -0.1) is 5.10 Å². The number of nitrogens with one attached hydrogen (secondary N) is 2. The topological polar surface area (TPSA) is 83.1 Å². The maximum atomic E-state index is 12.0. The van der Waals surface area contributed by atoms with Crippen molar-refractivity contribution in [3.05, 3.63) is 41.7 Å². The number of aromatic nitrogens is 3. The molecule has 1 atom stereocenters. The number of nitrogens with zero attached hydrogens (tertiary/aromatic N) is 3. The van der Waals surface area contributed by atoms with Gasteiger partial charge in [-0.25, -0.2) is 4.98 Å². The van der Waals surface area contributed by atoms with Crippen molar-refractivity contribution < 1.29 is 9.53 Å². The van der Waals surface area contributed by atoms with Crippen LogP contribution in [0.3, 0.4) is 0 Å². The Hall–Kier alpha value is -1.90. The summed E-state index contributed by atoms with van der Waals surface area (Å²) in [6.07, 6.45) is 0.0252. The molecule has 1 aromatic heterocycles. The van der Waals surface area contributed by atoms with E-state index in [-0.39, 0.29) is 12.0 Å². The number of aryl methyl sites for hydroxylation is 1. The van der Waals surface area contributed by atoms with E-state index in [2.05, 4.69) is 49.7 Å². The molecule has 0 bridgehead atoms. The van der Waals surface area contributed by atoms with Crippen molar-refractivity contribution >= 4 is 17.7 Å². The average Bonchev–Trinajstić information content (AvgIpc) is 3.05. The first-order valence-corrected chi connectivity index (χ1v) is 9.34. The van der Waals surface area contributed by atoms with Gasteiger partial charge in [-0.2, -0.15) is 0 Å². The third-order valence-electron chi connectivity index (χ3n) is 3.91. The molecule has 1 aliphatic rings. The van der Waals surface area contributed by atoms with Gasteiger partial charge in [0.15, 0.2) is 0 Å². The summed E-state index contributed by atoms with van der Waals surface area (Å²) in [6.45, 7) is 5.70. The normalized spacial score (nSPS) is 18.2.